The number of amides is 1. The van der Waals surface area contributed by atoms with Crippen LogP contribution in [-0.4, -0.2) is 111 Å². The number of sulfonamides is 2. The average Bonchev–Trinajstić information content (AvgIpc) is 3.92. The van der Waals surface area contributed by atoms with E-state index in [0.29, 0.717) is 23.0 Å². The standard InChI is InChI=1S/C23H28N4O5S.C23H27N3O6S/c1-25(2)23(28)21-14-22(24-26(21)3)33(29,30)27(15-17-6-10-19(31-4)11-7-17)16-18-8-12-20(32-5)13-9-18;1-5-32-23(27)21-14-22(24-25(21)2)33(28,29)26(15-17-6-10-19(30-3)11-7-17)16-18-8-12-20(31-4)13-9-18/h6-14H,15-16H2,1-5H3;6-14H,5,15-16H2,1-4H3. The Labute approximate surface area is 385 Å². The summed E-state index contributed by atoms with van der Waals surface area (Å²) in [6.45, 7) is 2.29. The van der Waals surface area contributed by atoms with Crippen LogP contribution in [0.25, 0.3) is 0 Å². The van der Waals surface area contributed by atoms with E-state index in [9.17, 15) is 26.4 Å². The fourth-order valence-corrected chi connectivity index (χ4v) is 9.19. The second-order valence-electron chi connectivity index (χ2n) is 14.8. The molecule has 0 aliphatic rings. The summed E-state index contributed by atoms with van der Waals surface area (Å²) in [5, 5.41) is 7.83. The van der Waals surface area contributed by atoms with Crippen molar-refractivity contribution in [3.05, 3.63) is 143 Å². The number of hydrogen-bond donors (Lipinski definition) is 0. The summed E-state index contributed by atoms with van der Waals surface area (Å²) in [5.41, 5.74) is 3.36. The van der Waals surface area contributed by atoms with Crippen LogP contribution in [-0.2, 0) is 65.1 Å². The summed E-state index contributed by atoms with van der Waals surface area (Å²) >= 11 is 0. The van der Waals surface area contributed by atoms with Gasteiger partial charge in [0.15, 0.2) is 10.1 Å². The molecule has 0 spiro atoms. The maximum Gasteiger partial charge on any atom is 0.356 e. The van der Waals surface area contributed by atoms with Crippen molar-refractivity contribution in [1.82, 2.24) is 33.1 Å². The number of esters is 1. The fourth-order valence-electron chi connectivity index (χ4n) is 6.41. The molecule has 0 bridgehead atoms. The Kier molecular flexibility index (Phi) is 17.1. The highest BCUT2D eigenvalue weighted by molar-refractivity contribution is 7.89. The summed E-state index contributed by atoms with van der Waals surface area (Å²) in [6, 6.07) is 31.2. The van der Waals surface area contributed by atoms with Gasteiger partial charge in [-0.25, -0.2) is 21.6 Å². The van der Waals surface area contributed by atoms with Gasteiger partial charge in [-0.1, -0.05) is 48.5 Å². The monoisotopic (exact) mass is 945 g/mol. The number of aryl methyl sites for hydroxylation is 2. The Morgan fingerprint density at radius 1 is 0.515 bits per heavy atom. The zero-order valence-electron chi connectivity index (χ0n) is 38.4. The van der Waals surface area contributed by atoms with Crippen molar-refractivity contribution in [2.75, 3.05) is 49.1 Å². The molecule has 0 unspecified atom stereocenters. The number of benzene rings is 4. The quantitative estimate of drug-likeness (QED) is 0.0921. The van der Waals surface area contributed by atoms with E-state index in [1.165, 1.54) is 42.1 Å². The second-order valence-corrected chi connectivity index (χ2v) is 18.6. The molecule has 0 saturated heterocycles. The molecular formula is C46H55N7O11S2. The molecule has 6 rings (SSSR count). The Hall–Kier alpha value is -6.74. The predicted octanol–water partition coefficient (Wildman–Crippen LogP) is 5.54. The summed E-state index contributed by atoms with van der Waals surface area (Å²) in [5.74, 6) is 1.74. The maximum absolute atomic E-state index is 13.6. The van der Waals surface area contributed by atoms with Gasteiger partial charge in [-0.2, -0.15) is 18.8 Å². The average molecular weight is 946 g/mol. The minimum atomic E-state index is -4.05. The third-order valence-electron chi connectivity index (χ3n) is 10.1. The van der Waals surface area contributed by atoms with Crippen molar-refractivity contribution in [2.24, 2.45) is 14.1 Å². The van der Waals surface area contributed by atoms with Gasteiger partial charge in [0.25, 0.3) is 26.0 Å². The summed E-state index contributed by atoms with van der Waals surface area (Å²) in [6.07, 6.45) is 0. The second kappa shape index (κ2) is 22.4. The van der Waals surface area contributed by atoms with Crippen LogP contribution >= 0.6 is 0 Å². The smallest absolute Gasteiger partial charge is 0.356 e. The van der Waals surface area contributed by atoms with Crippen molar-refractivity contribution >= 4 is 31.9 Å². The third-order valence-corrected chi connectivity index (χ3v) is 13.4. The van der Waals surface area contributed by atoms with Gasteiger partial charge in [0.1, 0.15) is 34.4 Å². The molecule has 6 aromatic rings. The minimum Gasteiger partial charge on any atom is -0.497 e. The highest BCUT2D eigenvalue weighted by Crippen LogP contribution is 2.26. The van der Waals surface area contributed by atoms with Crippen LogP contribution in [0.5, 0.6) is 23.0 Å². The molecular weight excluding hydrogens is 891 g/mol. The van der Waals surface area contributed by atoms with E-state index >= 15 is 0 Å². The lowest BCUT2D eigenvalue weighted by molar-refractivity contribution is 0.0513. The Balaban J connectivity index is 0.000000247. The zero-order chi connectivity index (χ0) is 48.2. The van der Waals surface area contributed by atoms with Gasteiger partial charge in [0, 0.05) is 66.5 Å². The number of aromatic nitrogens is 4. The lowest BCUT2D eigenvalue weighted by Crippen LogP contribution is -2.30. The molecule has 20 heteroatoms. The first-order valence-corrected chi connectivity index (χ1v) is 23.3. The number of hydrogen-bond acceptors (Lipinski definition) is 13. The summed E-state index contributed by atoms with van der Waals surface area (Å²) in [4.78, 5) is 25.9. The molecule has 18 nitrogen and oxygen atoms in total. The maximum atomic E-state index is 13.6. The third kappa shape index (κ3) is 12.5. The molecule has 0 radical (unpaired) electrons. The van der Waals surface area contributed by atoms with Gasteiger partial charge >= 0.3 is 5.97 Å². The number of carbonyl (C=O) groups excluding carboxylic acids is 2. The number of ether oxygens (including phenoxy) is 5. The first-order valence-electron chi connectivity index (χ1n) is 20.4. The normalized spacial score (nSPS) is 11.4. The molecule has 0 N–H and O–H groups in total. The summed E-state index contributed by atoms with van der Waals surface area (Å²) in [7, 11) is 4.46. The lowest BCUT2D eigenvalue weighted by Gasteiger charge is -2.21. The van der Waals surface area contributed by atoms with Gasteiger partial charge in [-0.05, 0) is 77.7 Å². The highest BCUT2D eigenvalue weighted by atomic mass is 32.2. The van der Waals surface area contributed by atoms with Gasteiger partial charge in [0.05, 0.1) is 35.0 Å². The van der Waals surface area contributed by atoms with Crippen LogP contribution in [0.15, 0.2) is 119 Å². The van der Waals surface area contributed by atoms with Crippen LogP contribution in [0.4, 0.5) is 0 Å². The molecule has 2 aromatic heterocycles. The molecule has 4 aromatic carbocycles. The van der Waals surface area contributed by atoms with Crippen molar-refractivity contribution in [1.29, 1.82) is 0 Å². The SMILES string of the molecule is CCOC(=O)c1cc(S(=O)(=O)N(Cc2ccc(OC)cc2)Cc2ccc(OC)cc2)nn1C.COc1ccc(CN(Cc2ccc(OC)cc2)S(=O)(=O)c2cc(C(=O)N(C)C)n(C)n2)cc1. The number of methoxy groups -OCH3 is 4. The van der Waals surface area contributed by atoms with E-state index in [-0.39, 0.29) is 60.1 Å². The van der Waals surface area contributed by atoms with Crippen LogP contribution in [0.3, 0.4) is 0 Å². The lowest BCUT2D eigenvalue weighted by atomic mass is 10.2. The molecule has 352 valence electrons. The molecule has 0 saturated carbocycles. The Morgan fingerprint density at radius 2 is 0.803 bits per heavy atom. The number of rotatable bonds is 19. The van der Waals surface area contributed by atoms with E-state index in [2.05, 4.69) is 10.2 Å². The Morgan fingerprint density at radius 3 is 1.08 bits per heavy atom. The molecule has 2 heterocycles. The first kappa shape index (κ1) is 50.3. The van der Waals surface area contributed by atoms with Crippen LogP contribution in [0.1, 0.15) is 50.2 Å². The topological polar surface area (TPSA) is 194 Å². The summed E-state index contributed by atoms with van der Waals surface area (Å²) < 4.78 is 85.3. The molecule has 66 heavy (non-hydrogen) atoms. The van der Waals surface area contributed by atoms with E-state index in [0.717, 1.165) is 22.3 Å². The van der Waals surface area contributed by atoms with E-state index in [4.69, 9.17) is 23.7 Å². The van der Waals surface area contributed by atoms with Crippen LogP contribution in [0, 0.1) is 0 Å². The molecule has 0 atom stereocenters. The largest absolute Gasteiger partial charge is 0.497 e. The van der Waals surface area contributed by atoms with Gasteiger partial charge in [-0.3, -0.25) is 14.2 Å². The molecule has 0 fully saturated rings. The highest BCUT2D eigenvalue weighted by Gasteiger charge is 2.32. The van der Waals surface area contributed by atoms with Gasteiger partial charge in [0.2, 0.25) is 0 Å². The van der Waals surface area contributed by atoms with Crippen molar-refractivity contribution in [3.63, 3.8) is 0 Å². The van der Waals surface area contributed by atoms with E-state index in [1.807, 2.05) is 24.3 Å². The van der Waals surface area contributed by atoms with E-state index < -0.39 is 26.0 Å². The Bertz CT molecular complexity index is 2680. The predicted molar refractivity (Wildman–Crippen MR) is 245 cm³/mol. The fraction of sp³-hybridized carbons (Fsp3) is 0.304. The van der Waals surface area contributed by atoms with Crippen molar-refractivity contribution in [3.8, 4) is 23.0 Å². The van der Waals surface area contributed by atoms with E-state index in [1.54, 1.807) is 129 Å². The van der Waals surface area contributed by atoms with Crippen LogP contribution in [0.2, 0.25) is 0 Å². The molecule has 1 amide bonds. The first-order chi connectivity index (χ1) is 31.4. The minimum absolute atomic E-state index is 0.0595. The zero-order valence-corrected chi connectivity index (χ0v) is 40.0. The molecule has 0 aliphatic heterocycles. The van der Waals surface area contributed by atoms with Crippen molar-refractivity contribution in [2.45, 2.75) is 43.2 Å². The van der Waals surface area contributed by atoms with Gasteiger partial charge < -0.3 is 28.6 Å². The van der Waals surface area contributed by atoms with Gasteiger partial charge in [-0.15, -0.1) is 0 Å². The molecule has 0 aliphatic carbocycles. The van der Waals surface area contributed by atoms with Crippen molar-refractivity contribution < 1.29 is 50.1 Å². The van der Waals surface area contributed by atoms with Crippen LogP contribution < -0.4 is 18.9 Å². The number of carbonyl (C=O) groups is 2. The number of nitrogens with zero attached hydrogens (tertiary/aromatic N) is 7.